The van der Waals surface area contributed by atoms with Gasteiger partial charge in [-0.3, -0.25) is 4.68 Å². The van der Waals surface area contributed by atoms with Crippen LogP contribution in [0.15, 0.2) is 24.3 Å². The molecule has 2 aromatic rings. The van der Waals surface area contributed by atoms with Crippen LogP contribution < -0.4 is 0 Å². The molecular formula is C14H15ClN2O2. The summed E-state index contributed by atoms with van der Waals surface area (Å²) in [5.41, 5.74) is 2.93. The third-order valence-electron chi connectivity index (χ3n) is 2.85. The lowest BCUT2D eigenvalue weighted by molar-refractivity contribution is 0.0518. The summed E-state index contributed by atoms with van der Waals surface area (Å²) in [4.78, 5) is 11.8. The molecule has 0 saturated heterocycles. The second kappa shape index (κ2) is 5.45. The van der Waals surface area contributed by atoms with E-state index in [0.717, 1.165) is 16.8 Å². The topological polar surface area (TPSA) is 44.1 Å². The Labute approximate surface area is 116 Å². The highest BCUT2D eigenvalue weighted by Crippen LogP contribution is 2.27. The third-order valence-corrected chi connectivity index (χ3v) is 3.09. The number of rotatable bonds is 3. The van der Waals surface area contributed by atoms with Gasteiger partial charge < -0.3 is 4.74 Å². The summed E-state index contributed by atoms with van der Waals surface area (Å²) in [6.07, 6.45) is 0. The van der Waals surface area contributed by atoms with Gasteiger partial charge in [0.2, 0.25) is 0 Å². The average Bonchev–Trinajstić information content (AvgIpc) is 2.65. The Bertz CT molecular complexity index is 620. The van der Waals surface area contributed by atoms with E-state index in [0.29, 0.717) is 17.3 Å². The molecule has 0 aliphatic heterocycles. The fourth-order valence-corrected chi connectivity index (χ4v) is 2.25. The van der Waals surface area contributed by atoms with Crippen LogP contribution in [0.3, 0.4) is 0 Å². The van der Waals surface area contributed by atoms with Crippen LogP contribution >= 0.6 is 11.6 Å². The molecule has 0 aliphatic rings. The maximum atomic E-state index is 11.8. The molecule has 5 heteroatoms. The largest absolute Gasteiger partial charge is 0.461 e. The first-order chi connectivity index (χ1) is 9.04. The van der Waals surface area contributed by atoms with Crippen LogP contribution in [0.4, 0.5) is 0 Å². The van der Waals surface area contributed by atoms with E-state index in [1.54, 1.807) is 18.7 Å². The van der Waals surface area contributed by atoms with Crippen LogP contribution in [0.5, 0.6) is 0 Å². The van der Waals surface area contributed by atoms with Gasteiger partial charge in [-0.2, -0.15) is 5.10 Å². The minimum atomic E-state index is -0.399. The fraction of sp³-hybridized carbons (Fsp3) is 0.286. The summed E-state index contributed by atoms with van der Waals surface area (Å²) in [5, 5.41) is 4.88. The highest BCUT2D eigenvalue weighted by atomic mass is 35.5. The van der Waals surface area contributed by atoms with Gasteiger partial charge in [0.25, 0.3) is 0 Å². The summed E-state index contributed by atoms with van der Waals surface area (Å²) >= 11 is 6.00. The van der Waals surface area contributed by atoms with Crippen molar-refractivity contribution in [1.29, 1.82) is 0 Å². The number of hydrogen-bond acceptors (Lipinski definition) is 3. The van der Waals surface area contributed by atoms with Crippen molar-refractivity contribution in [1.82, 2.24) is 9.78 Å². The third kappa shape index (κ3) is 2.63. The molecule has 1 aromatic heterocycles. The lowest BCUT2D eigenvalue weighted by Crippen LogP contribution is -2.07. The number of esters is 1. The van der Waals surface area contributed by atoms with Gasteiger partial charge in [0.1, 0.15) is 0 Å². The molecule has 0 aliphatic carbocycles. The molecule has 19 heavy (non-hydrogen) atoms. The normalized spacial score (nSPS) is 10.5. The molecule has 2 rings (SSSR count). The zero-order valence-corrected chi connectivity index (χ0v) is 11.9. The van der Waals surface area contributed by atoms with Gasteiger partial charge in [0.15, 0.2) is 5.69 Å². The Morgan fingerprint density at radius 3 is 2.84 bits per heavy atom. The molecule has 0 N–H and O–H groups in total. The van der Waals surface area contributed by atoms with E-state index in [1.807, 2.05) is 31.2 Å². The summed E-state index contributed by atoms with van der Waals surface area (Å²) in [6.45, 7) is 3.96. The van der Waals surface area contributed by atoms with Crippen molar-refractivity contribution in [3.63, 3.8) is 0 Å². The first-order valence-electron chi connectivity index (χ1n) is 6.01. The molecule has 0 saturated carbocycles. The van der Waals surface area contributed by atoms with Crippen molar-refractivity contribution in [2.24, 2.45) is 7.05 Å². The highest BCUT2D eigenvalue weighted by Gasteiger charge is 2.20. The summed E-state index contributed by atoms with van der Waals surface area (Å²) < 4.78 is 6.67. The number of carbonyl (C=O) groups is 1. The molecule has 100 valence electrons. The molecule has 4 nitrogen and oxygen atoms in total. The number of carbonyl (C=O) groups excluding carboxylic acids is 1. The smallest absolute Gasteiger partial charge is 0.359 e. The number of aryl methyl sites for hydroxylation is 1. The molecule has 1 aromatic carbocycles. The molecule has 0 spiro atoms. The monoisotopic (exact) mass is 278 g/mol. The van der Waals surface area contributed by atoms with Crippen LogP contribution in [0.1, 0.15) is 23.0 Å². The first kappa shape index (κ1) is 13.6. The number of benzene rings is 1. The molecule has 1 heterocycles. The SMILES string of the molecule is CCOC(=O)c1nn(C)c(-c2cccc(Cl)c2)c1C. The molecule has 0 atom stereocenters. The number of hydrogen-bond donors (Lipinski definition) is 0. The molecule has 0 unspecified atom stereocenters. The zero-order chi connectivity index (χ0) is 14.0. The fourth-order valence-electron chi connectivity index (χ4n) is 2.06. The van der Waals surface area contributed by atoms with E-state index in [2.05, 4.69) is 5.10 Å². The van der Waals surface area contributed by atoms with Crippen molar-refractivity contribution in [2.75, 3.05) is 6.61 Å². The molecule has 0 radical (unpaired) electrons. The predicted octanol–water partition coefficient (Wildman–Crippen LogP) is 3.23. The Hall–Kier alpha value is -1.81. The minimum absolute atomic E-state index is 0.335. The molecule has 0 fully saturated rings. The summed E-state index contributed by atoms with van der Waals surface area (Å²) in [7, 11) is 1.80. The van der Waals surface area contributed by atoms with Gasteiger partial charge in [-0.15, -0.1) is 0 Å². The van der Waals surface area contributed by atoms with Gasteiger partial charge in [-0.1, -0.05) is 23.7 Å². The second-order valence-electron chi connectivity index (χ2n) is 4.18. The summed E-state index contributed by atoms with van der Waals surface area (Å²) in [5.74, 6) is -0.399. The molecule has 0 bridgehead atoms. The lowest BCUT2D eigenvalue weighted by Gasteiger charge is -2.04. The Morgan fingerprint density at radius 2 is 2.21 bits per heavy atom. The van der Waals surface area contributed by atoms with Crippen LogP contribution in [0.2, 0.25) is 5.02 Å². The van der Waals surface area contributed by atoms with Crippen LogP contribution in [0.25, 0.3) is 11.3 Å². The van der Waals surface area contributed by atoms with Crippen molar-refractivity contribution < 1.29 is 9.53 Å². The maximum Gasteiger partial charge on any atom is 0.359 e. The predicted molar refractivity (Wildman–Crippen MR) is 74.3 cm³/mol. The van der Waals surface area contributed by atoms with Crippen molar-refractivity contribution >= 4 is 17.6 Å². The number of nitrogens with zero attached hydrogens (tertiary/aromatic N) is 2. The Kier molecular flexibility index (Phi) is 3.90. The van der Waals surface area contributed by atoms with Gasteiger partial charge >= 0.3 is 5.97 Å². The van der Waals surface area contributed by atoms with Gasteiger partial charge in [0, 0.05) is 23.2 Å². The van der Waals surface area contributed by atoms with Crippen molar-refractivity contribution in [3.8, 4) is 11.3 Å². The second-order valence-corrected chi connectivity index (χ2v) is 4.61. The van der Waals surface area contributed by atoms with E-state index >= 15 is 0 Å². The highest BCUT2D eigenvalue weighted by molar-refractivity contribution is 6.30. The van der Waals surface area contributed by atoms with Crippen molar-refractivity contribution in [3.05, 3.63) is 40.5 Å². The number of halogens is 1. The Morgan fingerprint density at radius 1 is 1.47 bits per heavy atom. The molecule has 0 amide bonds. The van der Waals surface area contributed by atoms with Crippen molar-refractivity contribution in [2.45, 2.75) is 13.8 Å². The van der Waals surface area contributed by atoms with E-state index in [4.69, 9.17) is 16.3 Å². The van der Waals surface area contributed by atoms with Crippen LogP contribution in [0, 0.1) is 6.92 Å². The van der Waals surface area contributed by atoms with E-state index in [-0.39, 0.29) is 0 Å². The minimum Gasteiger partial charge on any atom is -0.461 e. The number of ether oxygens (including phenoxy) is 1. The average molecular weight is 279 g/mol. The summed E-state index contributed by atoms with van der Waals surface area (Å²) in [6, 6.07) is 7.46. The number of aromatic nitrogens is 2. The van der Waals surface area contributed by atoms with E-state index in [9.17, 15) is 4.79 Å². The zero-order valence-electron chi connectivity index (χ0n) is 11.1. The lowest BCUT2D eigenvalue weighted by atomic mass is 10.1. The first-order valence-corrected chi connectivity index (χ1v) is 6.39. The van der Waals surface area contributed by atoms with E-state index in [1.165, 1.54) is 0 Å². The quantitative estimate of drug-likeness (QED) is 0.810. The van der Waals surface area contributed by atoms with Crippen LogP contribution in [-0.2, 0) is 11.8 Å². The van der Waals surface area contributed by atoms with Gasteiger partial charge in [0.05, 0.1) is 12.3 Å². The standard InChI is InChI=1S/C14H15ClN2O2/c1-4-19-14(18)12-9(2)13(17(3)16-12)10-6-5-7-11(15)8-10/h5-8H,4H2,1-3H3. The van der Waals surface area contributed by atoms with E-state index < -0.39 is 5.97 Å². The maximum absolute atomic E-state index is 11.8. The molecular weight excluding hydrogens is 264 g/mol. The van der Waals surface area contributed by atoms with Gasteiger partial charge in [-0.25, -0.2) is 4.79 Å². The van der Waals surface area contributed by atoms with Crippen LogP contribution in [-0.4, -0.2) is 22.4 Å². The Balaban J connectivity index is 2.51. The van der Waals surface area contributed by atoms with Gasteiger partial charge in [-0.05, 0) is 26.0 Å².